The lowest BCUT2D eigenvalue weighted by atomic mass is 10.4. The van der Waals surface area contributed by atoms with E-state index >= 15 is 0 Å². The van der Waals surface area contributed by atoms with Gasteiger partial charge in [0.05, 0.1) is 0 Å². The quantitative estimate of drug-likeness (QED) is 0.636. The summed E-state index contributed by atoms with van der Waals surface area (Å²) in [7, 11) is -0.834. The summed E-state index contributed by atoms with van der Waals surface area (Å²) in [6.07, 6.45) is 1.94. The molecular formula is C6H12ClNO2S. The topological polar surface area (TPSA) is 46.2 Å². The van der Waals surface area contributed by atoms with E-state index in [0.717, 1.165) is 0 Å². The molecule has 1 amide bonds. The number of hydrogen-bond donors (Lipinski definition) is 1. The maximum Gasteiger partial charge on any atom is 0.221 e. The average Bonchev–Trinajstić information content (AvgIpc) is 1.87. The third-order valence-electron chi connectivity index (χ3n) is 1.03. The van der Waals surface area contributed by atoms with Crippen LogP contribution in [0.15, 0.2) is 0 Å². The van der Waals surface area contributed by atoms with E-state index in [4.69, 9.17) is 11.6 Å². The summed E-state index contributed by atoms with van der Waals surface area (Å²) in [6, 6.07) is 0. The van der Waals surface area contributed by atoms with Crippen LogP contribution in [-0.2, 0) is 15.6 Å². The largest absolute Gasteiger partial charge is 0.355 e. The lowest BCUT2D eigenvalue weighted by Crippen LogP contribution is -2.27. The maximum absolute atomic E-state index is 10.7. The molecule has 0 spiro atoms. The zero-order chi connectivity index (χ0) is 8.69. The lowest BCUT2D eigenvalue weighted by molar-refractivity contribution is -0.120. The summed E-state index contributed by atoms with van der Waals surface area (Å²) in [5, 5.41) is 2.60. The molecule has 1 N–H and O–H groups in total. The third-order valence-corrected chi connectivity index (χ3v) is 2.00. The van der Waals surface area contributed by atoms with Crippen molar-refractivity contribution in [3.05, 3.63) is 0 Å². The van der Waals surface area contributed by atoms with Gasteiger partial charge in [-0.2, -0.15) is 0 Å². The first kappa shape index (κ1) is 10.9. The van der Waals surface area contributed by atoms with Crippen molar-refractivity contribution in [3.8, 4) is 0 Å². The van der Waals surface area contributed by atoms with Crippen molar-refractivity contribution >= 4 is 28.3 Å². The molecule has 0 aromatic rings. The Labute approximate surface area is 74.0 Å². The van der Waals surface area contributed by atoms with Crippen molar-refractivity contribution < 1.29 is 9.00 Å². The molecule has 3 nitrogen and oxygen atoms in total. The predicted octanol–water partition coefficient (Wildman–Crippen LogP) is 0.110. The van der Waals surface area contributed by atoms with Crippen molar-refractivity contribution in [2.45, 2.75) is 6.42 Å². The second kappa shape index (κ2) is 6.61. The van der Waals surface area contributed by atoms with Crippen LogP contribution in [0.3, 0.4) is 0 Å². The molecule has 5 heteroatoms. The first-order chi connectivity index (χ1) is 5.16. The van der Waals surface area contributed by atoms with Crippen molar-refractivity contribution in [2.24, 2.45) is 0 Å². The highest BCUT2D eigenvalue weighted by Crippen LogP contribution is 1.83. The van der Waals surface area contributed by atoms with Crippen molar-refractivity contribution in [1.29, 1.82) is 0 Å². The normalized spacial score (nSPS) is 12.5. The molecule has 0 aromatic carbocycles. The number of amides is 1. The number of carbonyl (C=O) groups is 1. The van der Waals surface area contributed by atoms with Gasteiger partial charge >= 0.3 is 0 Å². The SMILES string of the molecule is CS(=O)CCNC(=O)CCCl. The number of halogens is 1. The monoisotopic (exact) mass is 197 g/mol. The van der Waals surface area contributed by atoms with Crippen molar-refractivity contribution in [2.75, 3.05) is 24.4 Å². The van der Waals surface area contributed by atoms with E-state index < -0.39 is 10.8 Å². The fourth-order valence-electron chi connectivity index (χ4n) is 0.508. The van der Waals surface area contributed by atoms with Crippen LogP contribution in [-0.4, -0.2) is 34.5 Å². The van der Waals surface area contributed by atoms with E-state index in [1.807, 2.05) is 0 Å². The molecule has 0 radical (unpaired) electrons. The van der Waals surface area contributed by atoms with Gasteiger partial charge in [0.1, 0.15) is 0 Å². The summed E-state index contributed by atoms with van der Waals surface area (Å²) in [5.41, 5.74) is 0. The molecule has 0 aliphatic heterocycles. The highest BCUT2D eigenvalue weighted by Gasteiger charge is 1.98. The molecule has 66 valence electrons. The van der Waals surface area contributed by atoms with E-state index in [1.165, 1.54) is 0 Å². The van der Waals surface area contributed by atoms with Crippen LogP contribution < -0.4 is 5.32 Å². The van der Waals surface area contributed by atoms with Crippen LogP contribution in [0.2, 0.25) is 0 Å². The Bertz CT molecular complexity index is 152. The Kier molecular flexibility index (Phi) is 6.56. The van der Waals surface area contributed by atoms with Crippen LogP contribution in [0.4, 0.5) is 0 Å². The molecule has 0 rings (SSSR count). The highest BCUT2D eigenvalue weighted by atomic mass is 35.5. The second-order valence-electron chi connectivity index (χ2n) is 2.07. The first-order valence-corrected chi connectivity index (χ1v) is 5.55. The predicted molar refractivity (Wildman–Crippen MR) is 47.3 cm³/mol. The number of alkyl halides is 1. The highest BCUT2D eigenvalue weighted by molar-refractivity contribution is 7.84. The summed E-state index contributed by atoms with van der Waals surface area (Å²) in [4.78, 5) is 10.7. The molecule has 0 aliphatic rings. The van der Waals surface area contributed by atoms with Gasteiger partial charge in [0.15, 0.2) is 0 Å². The fourth-order valence-corrected chi connectivity index (χ4v) is 1.07. The van der Waals surface area contributed by atoms with E-state index in [-0.39, 0.29) is 5.91 Å². The van der Waals surface area contributed by atoms with Gasteiger partial charge in [-0.3, -0.25) is 9.00 Å². The van der Waals surface area contributed by atoms with Crippen molar-refractivity contribution in [1.82, 2.24) is 5.32 Å². The minimum atomic E-state index is -0.834. The van der Waals surface area contributed by atoms with Gasteiger partial charge < -0.3 is 5.32 Å². The van der Waals surface area contributed by atoms with E-state index in [2.05, 4.69) is 5.32 Å². The van der Waals surface area contributed by atoms with E-state index in [1.54, 1.807) is 6.26 Å². The summed E-state index contributed by atoms with van der Waals surface area (Å²) in [5.74, 6) is 0.764. The smallest absolute Gasteiger partial charge is 0.221 e. The minimum Gasteiger partial charge on any atom is -0.355 e. The summed E-state index contributed by atoms with van der Waals surface area (Å²) < 4.78 is 10.5. The number of carbonyl (C=O) groups excluding carboxylic acids is 1. The molecule has 1 unspecified atom stereocenters. The van der Waals surface area contributed by atoms with Crippen LogP contribution in [0, 0.1) is 0 Å². The van der Waals surface area contributed by atoms with Gasteiger partial charge in [-0.1, -0.05) is 0 Å². The maximum atomic E-state index is 10.7. The molecule has 0 bridgehead atoms. The van der Waals surface area contributed by atoms with Crippen LogP contribution in [0.25, 0.3) is 0 Å². The molecule has 0 fully saturated rings. The van der Waals surface area contributed by atoms with Gasteiger partial charge in [0.25, 0.3) is 0 Å². The molecule has 0 aliphatic carbocycles. The number of nitrogens with one attached hydrogen (secondary N) is 1. The van der Waals surface area contributed by atoms with Gasteiger partial charge in [0.2, 0.25) is 5.91 Å². The Hall–Kier alpha value is -0.0900. The number of hydrogen-bond acceptors (Lipinski definition) is 2. The number of rotatable bonds is 5. The van der Waals surface area contributed by atoms with Gasteiger partial charge in [0, 0.05) is 41.7 Å². The molecule has 0 heterocycles. The molecule has 0 saturated carbocycles. The Morgan fingerprint density at radius 1 is 1.64 bits per heavy atom. The average molecular weight is 198 g/mol. The third kappa shape index (κ3) is 7.81. The Morgan fingerprint density at radius 2 is 2.27 bits per heavy atom. The Morgan fingerprint density at radius 3 is 2.73 bits per heavy atom. The zero-order valence-electron chi connectivity index (χ0n) is 6.43. The minimum absolute atomic E-state index is 0.0783. The molecule has 11 heavy (non-hydrogen) atoms. The fraction of sp³-hybridized carbons (Fsp3) is 0.833. The lowest BCUT2D eigenvalue weighted by Gasteiger charge is -2.00. The molecular weight excluding hydrogens is 186 g/mol. The zero-order valence-corrected chi connectivity index (χ0v) is 8.00. The van der Waals surface area contributed by atoms with Crippen LogP contribution in [0.5, 0.6) is 0 Å². The molecule has 1 atom stereocenters. The molecule has 0 saturated heterocycles. The van der Waals surface area contributed by atoms with E-state index in [0.29, 0.717) is 24.6 Å². The van der Waals surface area contributed by atoms with Crippen LogP contribution in [0.1, 0.15) is 6.42 Å². The van der Waals surface area contributed by atoms with E-state index in [9.17, 15) is 9.00 Å². The summed E-state index contributed by atoms with van der Waals surface area (Å²) in [6.45, 7) is 0.471. The molecule has 0 aromatic heterocycles. The van der Waals surface area contributed by atoms with Crippen molar-refractivity contribution in [3.63, 3.8) is 0 Å². The van der Waals surface area contributed by atoms with Gasteiger partial charge in [-0.05, 0) is 0 Å². The van der Waals surface area contributed by atoms with Gasteiger partial charge in [-0.15, -0.1) is 11.6 Å². The van der Waals surface area contributed by atoms with Gasteiger partial charge in [-0.25, -0.2) is 0 Å². The first-order valence-electron chi connectivity index (χ1n) is 3.29. The summed E-state index contributed by atoms with van der Waals surface area (Å²) >= 11 is 5.32. The second-order valence-corrected chi connectivity index (χ2v) is 4.00. The van der Waals surface area contributed by atoms with Crippen LogP contribution >= 0.6 is 11.6 Å². The Balaban J connectivity index is 3.24. The standard InChI is InChI=1S/C6H12ClNO2S/c1-11(10)5-4-8-6(9)2-3-7/h2-5H2,1H3,(H,8,9).